The fourth-order valence-corrected chi connectivity index (χ4v) is 1.60. The molecule has 0 radical (unpaired) electrons. The van der Waals surface area contributed by atoms with Crippen LogP contribution in [0, 0.1) is 11.8 Å². The second-order valence-corrected chi connectivity index (χ2v) is 4.73. The number of carbonyl (C=O) groups is 1. The quantitative estimate of drug-likeness (QED) is 0.555. The van der Waals surface area contributed by atoms with Crippen LogP contribution in [-0.2, 0) is 9.53 Å². The van der Waals surface area contributed by atoms with Gasteiger partial charge in [-0.3, -0.25) is 9.69 Å². The Morgan fingerprint density at radius 3 is 2.35 bits per heavy atom. The highest BCUT2D eigenvalue weighted by atomic mass is 16.5. The molecule has 0 aliphatic heterocycles. The lowest BCUT2D eigenvalue weighted by molar-refractivity contribution is -0.141. The number of ether oxygens (including phenoxy) is 1. The van der Waals surface area contributed by atoms with E-state index in [2.05, 4.69) is 18.7 Å². The maximum absolute atomic E-state index is 10.8. The maximum Gasteiger partial charge on any atom is 0.307 e. The number of hydrogen-bond acceptors (Lipinski definition) is 4. The van der Waals surface area contributed by atoms with Crippen LogP contribution in [-0.4, -0.2) is 60.5 Å². The van der Waals surface area contributed by atoms with Crippen molar-refractivity contribution in [3.63, 3.8) is 0 Å². The van der Waals surface area contributed by atoms with Crippen LogP contribution < -0.4 is 0 Å². The Bertz CT molecular complexity index is 209. The molecule has 0 fully saturated rings. The van der Waals surface area contributed by atoms with Gasteiger partial charge in [0.15, 0.2) is 0 Å². The summed E-state index contributed by atoms with van der Waals surface area (Å²) in [6.45, 7) is 8.91. The number of rotatable bonds is 10. The van der Waals surface area contributed by atoms with Gasteiger partial charge in [0, 0.05) is 19.6 Å². The van der Waals surface area contributed by atoms with Crippen molar-refractivity contribution in [2.75, 3.05) is 39.5 Å². The van der Waals surface area contributed by atoms with Crippen molar-refractivity contribution in [2.45, 2.75) is 20.8 Å². The zero-order chi connectivity index (χ0) is 13.3. The van der Waals surface area contributed by atoms with Crippen LogP contribution in [0.15, 0.2) is 0 Å². The topological polar surface area (TPSA) is 70.0 Å². The molecule has 0 amide bonds. The fraction of sp³-hybridized carbons (Fsp3) is 0.917. The average molecular weight is 247 g/mol. The molecule has 0 rings (SSSR count). The van der Waals surface area contributed by atoms with Crippen LogP contribution in [0.2, 0.25) is 0 Å². The molecule has 2 N–H and O–H groups in total. The molecule has 1 unspecified atom stereocenters. The Kier molecular flexibility index (Phi) is 9.03. The zero-order valence-corrected chi connectivity index (χ0v) is 11.1. The first-order valence-electron chi connectivity index (χ1n) is 6.11. The third kappa shape index (κ3) is 9.09. The van der Waals surface area contributed by atoms with E-state index in [4.69, 9.17) is 14.9 Å². The van der Waals surface area contributed by atoms with Crippen molar-refractivity contribution in [2.24, 2.45) is 11.8 Å². The summed E-state index contributed by atoms with van der Waals surface area (Å²) in [5, 5.41) is 17.5. The Morgan fingerprint density at radius 1 is 1.24 bits per heavy atom. The Labute approximate surface area is 103 Å². The second-order valence-electron chi connectivity index (χ2n) is 4.73. The van der Waals surface area contributed by atoms with E-state index in [1.807, 2.05) is 0 Å². The Morgan fingerprint density at radius 2 is 1.88 bits per heavy atom. The molecule has 0 aromatic rings. The maximum atomic E-state index is 10.8. The number of aliphatic hydroxyl groups is 1. The SMILES string of the molecule is CC(C)CN(CCOCCO)CC(C)C(=O)O. The number of hydrogen-bond donors (Lipinski definition) is 2. The predicted octanol–water partition coefficient (Wildman–Crippen LogP) is 0.674. The third-order valence-electron chi connectivity index (χ3n) is 2.36. The molecule has 0 saturated carbocycles. The summed E-state index contributed by atoms with van der Waals surface area (Å²) in [5.41, 5.74) is 0. The molecule has 0 spiro atoms. The van der Waals surface area contributed by atoms with Crippen LogP contribution in [0.25, 0.3) is 0 Å². The van der Waals surface area contributed by atoms with E-state index in [1.165, 1.54) is 0 Å². The van der Waals surface area contributed by atoms with Gasteiger partial charge in [-0.05, 0) is 5.92 Å². The van der Waals surface area contributed by atoms with Crippen molar-refractivity contribution in [3.8, 4) is 0 Å². The van der Waals surface area contributed by atoms with Crippen molar-refractivity contribution in [3.05, 3.63) is 0 Å². The highest BCUT2D eigenvalue weighted by Gasteiger charge is 2.16. The van der Waals surface area contributed by atoms with Crippen LogP contribution in [0.3, 0.4) is 0 Å². The lowest BCUT2D eigenvalue weighted by Crippen LogP contribution is -2.37. The van der Waals surface area contributed by atoms with Gasteiger partial charge >= 0.3 is 5.97 Å². The highest BCUT2D eigenvalue weighted by Crippen LogP contribution is 2.04. The summed E-state index contributed by atoms with van der Waals surface area (Å²) in [4.78, 5) is 12.9. The molecule has 0 aliphatic carbocycles. The summed E-state index contributed by atoms with van der Waals surface area (Å²) in [6.07, 6.45) is 0. The van der Waals surface area contributed by atoms with E-state index in [0.29, 0.717) is 32.2 Å². The minimum Gasteiger partial charge on any atom is -0.481 e. The minimum absolute atomic E-state index is 0.0235. The van der Waals surface area contributed by atoms with Gasteiger partial charge in [-0.25, -0.2) is 0 Å². The summed E-state index contributed by atoms with van der Waals surface area (Å²) in [5.74, 6) is -0.643. The first-order chi connectivity index (χ1) is 7.97. The zero-order valence-electron chi connectivity index (χ0n) is 11.1. The van der Waals surface area contributed by atoms with E-state index < -0.39 is 5.97 Å². The molecular formula is C12H25NO4. The van der Waals surface area contributed by atoms with Gasteiger partial charge in [0.1, 0.15) is 0 Å². The molecule has 0 saturated heterocycles. The van der Waals surface area contributed by atoms with Crippen LogP contribution in [0.1, 0.15) is 20.8 Å². The van der Waals surface area contributed by atoms with Gasteiger partial charge in [0.25, 0.3) is 0 Å². The minimum atomic E-state index is -0.768. The lowest BCUT2D eigenvalue weighted by atomic mass is 10.1. The molecule has 0 aromatic carbocycles. The largest absolute Gasteiger partial charge is 0.481 e. The molecule has 5 heteroatoms. The second kappa shape index (κ2) is 9.39. The van der Waals surface area contributed by atoms with Crippen LogP contribution in [0.4, 0.5) is 0 Å². The number of nitrogens with zero attached hydrogens (tertiary/aromatic N) is 1. The van der Waals surface area contributed by atoms with Gasteiger partial charge < -0.3 is 14.9 Å². The van der Waals surface area contributed by atoms with E-state index in [0.717, 1.165) is 6.54 Å². The molecule has 0 aromatic heterocycles. The molecular weight excluding hydrogens is 222 g/mol. The lowest BCUT2D eigenvalue weighted by Gasteiger charge is -2.25. The molecule has 5 nitrogen and oxygen atoms in total. The van der Waals surface area contributed by atoms with E-state index in [9.17, 15) is 4.79 Å². The van der Waals surface area contributed by atoms with Gasteiger partial charge in [0.2, 0.25) is 0 Å². The molecule has 1 atom stereocenters. The summed E-state index contributed by atoms with van der Waals surface area (Å²) in [7, 11) is 0. The first-order valence-corrected chi connectivity index (χ1v) is 6.11. The summed E-state index contributed by atoms with van der Waals surface area (Å²) < 4.78 is 5.20. The number of carboxylic acids is 1. The molecule has 17 heavy (non-hydrogen) atoms. The summed E-state index contributed by atoms with van der Waals surface area (Å²) >= 11 is 0. The Balaban J connectivity index is 4.00. The van der Waals surface area contributed by atoms with Gasteiger partial charge in [-0.2, -0.15) is 0 Å². The van der Waals surface area contributed by atoms with Gasteiger partial charge in [-0.15, -0.1) is 0 Å². The molecule has 0 heterocycles. The first kappa shape index (κ1) is 16.4. The van der Waals surface area contributed by atoms with Crippen molar-refractivity contribution < 1.29 is 19.7 Å². The van der Waals surface area contributed by atoms with E-state index in [1.54, 1.807) is 6.92 Å². The number of aliphatic hydroxyl groups excluding tert-OH is 1. The standard InChI is InChI=1S/C12H25NO4/c1-10(2)8-13(4-6-17-7-5-14)9-11(3)12(15)16/h10-11,14H,4-9H2,1-3H3,(H,15,16). The monoisotopic (exact) mass is 247 g/mol. The molecule has 0 aliphatic rings. The van der Waals surface area contributed by atoms with E-state index in [-0.39, 0.29) is 12.5 Å². The van der Waals surface area contributed by atoms with Crippen LogP contribution in [0.5, 0.6) is 0 Å². The van der Waals surface area contributed by atoms with Crippen molar-refractivity contribution in [1.29, 1.82) is 0 Å². The van der Waals surface area contributed by atoms with E-state index >= 15 is 0 Å². The van der Waals surface area contributed by atoms with Crippen LogP contribution >= 0.6 is 0 Å². The van der Waals surface area contributed by atoms with Gasteiger partial charge in [0.05, 0.1) is 25.7 Å². The fourth-order valence-electron chi connectivity index (χ4n) is 1.60. The number of carboxylic acid groups (broad SMARTS) is 1. The summed E-state index contributed by atoms with van der Waals surface area (Å²) in [6, 6.07) is 0. The molecule has 102 valence electrons. The normalized spacial score (nSPS) is 13.3. The number of aliphatic carboxylic acids is 1. The van der Waals surface area contributed by atoms with Crippen molar-refractivity contribution >= 4 is 5.97 Å². The Hall–Kier alpha value is -0.650. The third-order valence-corrected chi connectivity index (χ3v) is 2.36. The molecule has 0 bridgehead atoms. The van der Waals surface area contributed by atoms with Gasteiger partial charge in [-0.1, -0.05) is 20.8 Å². The average Bonchev–Trinajstić information content (AvgIpc) is 2.23. The smallest absolute Gasteiger partial charge is 0.307 e. The van der Waals surface area contributed by atoms with Crippen molar-refractivity contribution in [1.82, 2.24) is 4.90 Å². The predicted molar refractivity (Wildman–Crippen MR) is 66.0 cm³/mol. The highest BCUT2D eigenvalue weighted by molar-refractivity contribution is 5.69.